The van der Waals surface area contributed by atoms with Gasteiger partial charge in [-0.2, -0.15) is 0 Å². The second kappa shape index (κ2) is 8.89. The van der Waals surface area contributed by atoms with E-state index in [-0.39, 0.29) is 12.0 Å². The summed E-state index contributed by atoms with van der Waals surface area (Å²) in [7, 11) is 3.27. The van der Waals surface area contributed by atoms with Crippen molar-refractivity contribution < 1.29 is 19.0 Å². The summed E-state index contributed by atoms with van der Waals surface area (Å²) in [5.41, 5.74) is 7.37. The van der Waals surface area contributed by atoms with E-state index in [1.807, 2.05) is 19.1 Å². The molecule has 2 rings (SSSR count). The Morgan fingerprint density at radius 3 is 2.67 bits per heavy atom. The highest BCUT2D eigenvalue weighted by Crippen LogP contribution is 2.29. The first-order valence-electron chi connectivity index (χ1n) is 8.40. The van der Waals surface area contributed by atoms with Crippen LogP contribution >= 0.6 is 0 Å². The van der Waals surface area contributed by atoms with Crippen LogP contribution < -0.4 is 15.2 Å². The molecule has 0 spiro atoms. The summed E-state index contributed by atoms with van der Waals surface area (Å²) < 4.78 is 15.7. The lowest BCUT2D eigenvalue weighted by molar-refractivity contribution is -0.144. The summed E-state index contributed by atoms with van der Waals surface area (Å²) in [6.45, 7) is 4.12. The van der Waals surface area contributed by atoms with E-state index >= 15 is 0 Å². The Bertz CT molecular complexity index is 550. The van der Waals surface area contributed by atoms with Crippen molar-refractivity contribution in [2.45, 2.75) is 25.8 Å². The molecule has 2 N–H and O–H groups in total. The van der Waals surface area contributed by atoms with Crippen LogP contribution in [0.4, 0.5) is 0 Å². The Kier molecular flexibility index (Phi) is 6.87. The highest BCUT2D eigenvalue weighted by molar-refractivity contribution is 5.71. The highest BCUT2D eigenvalue weighted by Gasteiger charge is 2.27. The summed E-state index contributed by atoms with van der Waals surface area (Å²) in [5, 5.41) is 0. The standard InChI is InChI=1S/C18H28N2O4/c1-4-24-18(21)12-20-10-14(8-15(19)11-20)7-13-5-6-16(22-2)17(9-13)23-3/h5-6,9,14-15H,4,7-8,10-12,19H2,1-3H3. The Hall–Kier alpha value is -1.79. The number of carbonyl (C=O) groups is 1. The van der Waals surface area contributed by atoms with Crippen LogP contribution in [0, 0.1) is 5.92 Å². The van der Waals surface area contributed by atoms with Crippen LogP contribution in [0.15, 0.2) is 18.2 Å². The molecule has 2 atom stereocenters. The number of nitrogens with two attached hydrogens (primary N) is 1. The molecule has 1 aliphatic rings. The fraction of sp³-hybridized carbons (Fsp3) is 0.611. The first-order chi connectivity index (χ1) is 11.5. The van der Waals surface area contributed by atoms with Crippen LogP contribution in [0.5, 0.6) is 11.5 Å². The molecule has 0 amide bonds. The molecule has 24 heavy (non-hydrogen) atoms. The number of carbonyl (C=O) groups excluding carboxylic acids is 1. The predicted octanol–water partition coefficient (Wildman–Crippen LogP) is 1.46. The smallest absolute Gasteiger partial charge is 0.320 e. The number of hydrogen-bond acceptors (Lipinski definition) is 6. The van der Waals surface area contributed by atoms with E-state index in [2.05, 4.69) is 11.0 Å². The van der Waals surface area contributed by atoms with Gasteiger partial charge in [0, 0.05) is 19.1 Å². The van der Waals surface area contributed by atoms with Gasteiger partial charge < -0.3 is 19.9 Å². The number of methoxy groups -OCH3 is 2. The zero-order valence-corrected chi connectivity index (χ0v) is 14.8. The predicted molar refractivity (Wildman–Crippen MR) is 92.4 cm³/mol. The average molecular weight is 336 g/mol. The molecule has 1 saturated heterocycles. The van der Waals surface area contributed by atoms with E-state index in [4.69, 9.17) is 19.9 Å². The topological polar surface area (TPSA) is 74.0 Å². The Morgan fingerprint density at radius 1 is 1.25 bits per heavy atom. The van der Waals surface area contributed by atoms with Gasteiger partial charge in [-0.25, -0.2) is 0 Å². The number of nitrogens with zero attached hydrogens (tertiary/aromatic N) is 1. The Morgan fingerprint density at radius 2 is 2.00 bits per heavy atom. The van der Waals surface area contributed by atoms with Gasteiger partial charge >= 0.3 is 5.97 Å². The molecule has 1 aliphatic heterocycles. The SMILES string of the molecule is CCOC(=O)CN1CC(N)CC(Cc2ccc(OC)c(OC)c2)C1. The molecule has 1 fully saturated rings. The van der Waals surface area contributed by atoms with E-state index in [0.29, 0.717) is 19.1 Å². The second-order valence-electron chi connectivity index (χ2n) is 6.25. The lowest BCUT2D eigenvalue weighted by atomic mass is 9.89. The van der Waals surface area contributed by atoms with Gasteiger partial charge in [0.1, 0.15) is 0 Å². The number of esters is 1. The quantitative estimate of drug-likeness (QED) is 0.760. The molecule has 6 nitrogen and oxygen atoms in total. The molecule has 0 saturated carbocycles. The summed E-state index contributed by atoms with van der Waals surface area (Å²) in [6, 6.07) is 6.07. The van der Waals surface area contributed by atoms with Gasteiger partial charge in [0.05, 0.1) is 27.4 Å². The van der Waals surface area contributed by atoms with Gasteiger partial charge in [0.2, 0.25) is 0 Å². The van der Waals surface area contributed by atoms with Crippen molar-refractivity contribution in [1.29, 1.82) is 0 Å². The molecule has 6 heteroatoms. The van der Waals surface area contributed by atoms with Gasteiger partial charge in [-0.05, 0) is 43.4 Å². The molecule has 0 aliphatic carbocycles. The summed E-state index contributed by atoms with van der Waals surface area (Å²) in [4.78, 5) is 13.8. The Balaban J connectivity index is 1.99. The minimum absolute atomic E-state index is 0.0818. The van der Waals surface area contributed by atoms with Crippen LogP contribution in [0.1, 0.15) is 18.9 Å². The lowest BCUT2D eigenvalue weighted by Gasteiger charge is -2.35. The molecule has 134 valence electrons. The second-order valence-corrected chi connectivity index (χ2v) is 6.25. The number of ether oxygens (including phenoxy) is 3. The number of hydrogen-bond donors (Lipinski definition) is 1. The fourth-order valence-electron chi connectivity index (χ4n) is 3.36. The summed E-state index contributed by atoms with van der Waals surface area (Å²) >= 11 is 0. The van der Waals surface area contributed by atoms with E-state index in [0.717, 1.165) is 37.4 Å². The van der Waals surface area contributed by atoms with E-state index in [9.17, 15) is 4.79 Å². The van der Waals surface area contributed by atoms with Crippen LogP contribution in [-0.4, -0.2) is 57.4 Å². The van der Waals surface area contributed by atoms with Crippen LogP contribution in [-0.2, 0) is 16.0 Å². The third-order valence-corrected chi connectivity index (χ3v) is 4.28. The lowest BCUT2D eigenvalue weighted by Crippen LogP contribution is -2.49. The Labute approximate surface area is 143 Å². The van der Waals surface area contributed by atoms with E-state index < -0.39 is 0 Å². The average Bonchev–Trinajstić information content (AvgIpc) is 2.54. The number of likely N-dealkylation sites (tertiary alicyclic amines) is 1. The molecule has 0 bridgehead atoms. The molecule has 0 radical (unpaired) electrons. The number of rotatable bonds is 7. The summed E-state index contributed by atoms with van der Waals surface area (Å²) in [6.07, 6.45) is 1.85. The zero-order chi connectivity index (χ0) is 17.5. The fourth-order valence-corrected chi connectivity index (χ4v) is 3.36. The van der Waals surface area contributed by atoms with Gasteiger partial charge in [-0.15, -0.1) is 0 Å². The molecule has 1 aromatic carbocycles. The van der Waals surface area contributed by atoms with Crippen molar-refractivity contribution in [3.05, 3.63) is 23.8 Å². The van der Waals surface area contributed by atoms with E-state index in [1.165, 1.54) is 5.56 Å². The molecule has 1 heterocycles. The number of benzene rings is 1. The highest BCUT2D eigenvalue weighted by atomic mass is 16.5. The van der Waals surface area contributed by atoms with E-state index in [1.54, 1.807) is 14.2 Å². The van der Waals surface area contributed by atoms with Crippen molar-refractivity contribution in [2.75, 3.05) is 40.5 Å². The first kappa shape index (κ1) is 18.5. The van der Waals surface area contributed by atoms with Crippen LogP contribution in [0.3, 0.4) is 0 Å². The van der Waals surface area contributed by atoms with Crippen molar-refractivity contribution in [3.63, 3.8) is 0 Å². The molecular weight excluding hydrogens is 308 g/mol. The molecular formula is C18H28N2O4. The third kappa shape index (κ3) is 5.11. The van der Waals surface area contributed by atoms with Crippen molar-refractivity contribution in [2.24, 2.45) is 11.7 Å². The zero-order valence-electron chi connectivity index (χ0n) is 14.8. The normalized spacial score (nSPS) is 21.3. The van der Waals surface area contributed by atoms with Crippen molar-refractivity contribution in [3.8, 4) is 11.5 Å². The van der Waals surface area contributed by atoms with Gasteiger partial charge in [-0.3, -0.25) is 9.69 Å². The summed E-state index contributed by atoms with van der Waals surface area (Å²) in [5.74, 6) is 1.68. The van der Waals surface area contributed by atoms with Crippen molar-refractivity contribution >= 4 is 5.97 Å². The van der Waals surface area contributed by atoms with Gasteiger partial charge in [0.15, 0.2) is 11.5 Å². The van der Waals surface area contributed by atoms with Gasteiger partial charge in [-0.1, -0.05) is 6.07 Å². The van der Waals surface area contributed by atoms with Crippen LogP contribution in [0.25, 0.3) is 0 Å². The maximum Gasteiger partial charge on any atom is 0.320 e. The molecule has 0 aromatic heterocycles. The third-order valence-electron chi connectivity index (χ3n) is 4.28. The minimum atomic E-state index is -0.184. The maximum absolute atomic E-state index is 11.7. The monoisotopic (exact) mass is 336 g/mol. The molecule has 1 aromatic rings. The van der Waals surface area contributed by atoms with Crippen LogP contribution in [0.2, 0.25) is 0 Å². The number of piperidine rings is 1. The maximum atomic E-state index is 11.7. The largest absolute Gasteiger partial charge is 0.493 e. The molecule has 2 unspecified atom stereocenters. The minimum Gasteiger partial charge on any atom is -0.493 e. The van der Waals surface area contributed by atoms with Gasteiger partial charge in [0.25, 0.3) is 0 Å². The first-order valence-corrected chi connectivity index (χ1v) is 8.40. The van der Waals surface area contributed by atoms with Crippen molar-refractivity contribution in [1.82, 2.24) is 4.90 Å².